The molecule has 1 N–H and O–H groups in total. The molecule has 88 valence electrons. The van der Waals surface area contributed by atoms with Crippen molar-refractivity contribution in [3.63, 3.8) is 0 Å². The highest BCUT2D eigenvalue weighted by molar-refractivity contribution is 7.07. The largest absolute Gasteiger partial charge is 0.320 e. The van der Waals surface area contributed by atoms with Crippen molar-refractivity contribution < 1.29 is 4.79 Å². The average molecular weight is 246 g/mol. The maximum Gasteiger partial charge on any atom is 0.275 e. The Morgan fingerprint density at radius 2 is 1.88 bits per heavy atom. The fourth-order valence-corrected chi connectivity index (χ4v) is 2.41. The molecule has 1 amide bonds. The van der Waals surface area contributed by atoms with Gasteiger partial charge in [-0.05, 0) is 31.9 Å². The first-order chi connectivity index (χ1) is 8.08. The lowest BCUT2D eigenvalue weighted by molar-refractivity contribution is 0.102. The molecule has 0 aliphatic heterocycles. The fourth-order valence-electron chi connectivity index (χ4n) is 1.88. The van der Waals surface area contributed by atoms with Gasteiger partial charge in [0.25, 0.3) is 5.91 Å². The smallest absolute Gasteiger partial charge is 0.275 e. The van der Waals surface area contributed by atoms with E-state index >= 15 is 0 Å². The second-order valence-electron chi connectivity index (χ2n) is 4.10. The van der Waals surface area contributed by atoms with Crippen LogP contribution in [-0.4, -0.2) is 10.9 Å². The van der Waals surface area contributed by atoms with Gasteiger partial charge in [0.15, 0.2) is 0 Å². The number of nitrogens with one attached hydrogen (secondary N) is 1. The molecule has 0 aliphatic rings. The highest BCUT2D eigenvalue weighted by Crippen LogP contribution is 2.22. The molecule has 0 saturated carbocycles. The van der Waals surface area contributed by atoms with Crippen molar-refractivity contribution in [2.24, 2.45) is 0 Å². The van der Waals surface area contributed by atoms with Gasteiger partial charge in [-0.3, -0.25) is 4.79 Å². The third-order valence-electron chi connectivity index (χ3n) is 2.58. The van der Waals surface area contributed by atoms with Crippen LogP contribution in [0.5, 0.6) is 0 Å². The van der Waals surface area contributed by atoms with Crippen molar-refractivity contribution in [2.45, 2.75) is 20.8 Å². The van der Waals surface area contributed by atoms with Gasteiger partial charge in [0, 0.05) is 11.1 Å². The first-order valence-corrected chi connectivity index (χ1v) is 6.29. The molecule has 1 aromatic carbocycles. The van der Waals surface area contributed by atoms with Gasteiger partial charge in [0.05, 0.1) is 5.51 Å². The van der Waals surface area contributed by atoms with Crippen molar-refractivity contribution in [1.82, 2.24) is 4.98 Å². The Hall–Kier alpha value is -1.68. The molecule has 1 aromatic heterocycles. The van der Waals surface area contributed by atoms with Crippen LogP contribution in [0.1, 0.15) is 27.2 Å². The molecule has 0 radical (unpaired) electrons. The number of carbonyl (C=O) groups is 1. The third kappa shape index (κ3) is 2.53. The van der Waals surface area contributed by atoms with E-state index in [1.165, 1.54) is 16.9 Å². The second-order valence-corrected chi connectivity index (χ2v) is 4.82. The lowest BCUT2D eigenvalue weighted by Crippen LogP contribution is -2.14. The van der Waals surface area contributed by atoms with Crippen molar-refractivity contribution >= 4 is 22.9 Å². The number of anilines is 1. The molecule has 4 heteroatoms. The molecule has 0 spiro atoms. The Morgan fingerprint density at radius 3 is 2.41 bits per heavy atom. The average Bonchev–Trinajstić information content (AvgIpc) is 2.76. The SMILES string of the molecule is Cc1cc(C)c(NC(=O)c2cscn2)c(C)c1. The summed E-state index contributed by atoms with van der Waals surface area (Å²) in [7, 11) is 0. The second kappa shape index (κ2) is 4.67. The topological polar surface area (TPSA) is 42.0 Å². The summed E-state index contributed by atoms with van der Waals surface area (Å²) in [6, 6.07) is 4.12. The van der Waals surface area contributed by atoms with Gasteiger partial charge in [-0.15, -0.1) is 11.3 Å². The fraction of sp³-hybridized carbons (Fsp3) is 0.231. The molecule has 0 bridgehead atoms. The predicted octanol–water partition coefficient (Wildman–Crippen LogP) is 3.32. The van der Waals surface area contributed by atoms with Crippen LogP contribution in [0.3, 0.4) is 0 Å². The van der Waals surface area contributed by atoms with Crippen LogP contribution in [0, 0.1) is 20.8 Å². The number of hydrogen-bond acceptors (Lipinski definition) is 3. The molecule has 1 heterocycles. The summed E-state index contributed by atoms with van der Waals surface area (Å²) in [4.78, 5) is 15.9. The van der Waals surface area contributed by atoms with Gasteiger partial charge in [-0.25, -0.2) is 4.98 Å². The van der Waals surface area contributed by atoms with E-state index in [1.807, 2.05) is 20.8 Å². The zero-order valence-corrected chi connectivity index (χ0v) is 10.9. The van der Waals surface area contributed by atoms with E-state index in [2.05, 4.69) is 22.4 Å². The summed E-state index contributed by atoms with van der Waals surface area (Å²) < 4.78 is 0. The molecule has 2 rings (SSSR count). The number of rotatable bonds is 2. The number of amides is 1. The van der Waals surface area contributed by atoms with Crippen LogP contribution in [0.4, 0.5) is 5.69 Å². The lowest BCUT2D eigenvalue weighted by atomic mass is 10.1. The zero-order valence-electron chi connectivity index (χ0n) is 10.1. The van der Waals surface area contributed by atoms with Crippen molar-refractivity contribution in [3.8, 4) is 0 Å². The van der Waals surface area contributed by atoms with Gasteiger partial charge >= 0.3 is 0 Å². The quantitative estimate of drug-likeness (QED) is 0.883. The van der Waals surface area contributed by atoms with E-state index < -0.39 is 0 Å². The number of carbonyl (C=O) groups excluding carboxylic acids is 1. The molecule has 0 atom stereocenters. The van der Waals surface area contributed by atoms with Gasteiger partial charge < -0.3 is 5.32 Å². The summed E-state index contributed by atoms with van der Waals surface area (Å²) in [5.41, 5.74) is 6.36. The van der Waals surface area contributed by atoms with Crippen LogP contribution in [0.2, 0.25) is 0 Å². The molecule has 0 saturated heterocycles. The Labute approximate surface area is 105 Å². The van der Waals surface area contributed by atoms with Crippen molar-refractivity contribution in [2.75, 3.05) is 5.32 Å². The van der Waals surface area contributed by atoms with Gasteiger partial charge in [0.2, 0.25) is 0 Å². The Kier molecular flexibility index (Phi) is 3.24. The lowest BCUT2D eigenvalue weighted by Gasteiger charge is -2.11. The Bertz CT molecular complexity index is 524. The van der Waals surface area contributed by atoms with Gasteiger partial charge in [-0.1, -0.05) is 17.7 Å². The van der Waals surface area contributed by atoms with E-state index in [1.54, 1.807) is 10.9 Å². The maximum atomic E-state index is 11.9. The summed E-state index contributed by atoms with van der Waals surface area (Å²) in [6.07, 6.45) is 0. The molecule has 3 nitrogen and oxygen atoms in total. The summed E-state index contributed by atoms with van der Waals surface area (Å²) in [5, 5.41) is 4.66. The van der Waals surface area contributed by atoms with E-state index in [0.29, 0.717) is 5.69 Å². The minimum Gasteiger partial charge on any atom is -0.320 e. The molecule has 0 unspecified atom stereocenters. The normalized spacial score (nSPS) is 10.3. The highest BCUT2D eigenvalue weighted by Gasteiger charge is 2.11. The van der Waals surface area contributed by atoms with Crippen molar-refractivity contribution in [3.05, 3.63) is 45.4 Å². The van der Waals surface area contributed by atoms with E-state index in [0.717, 1.165) is 16.8 Å². The van der Waals surface area contributed by atoms with Crippen molar-refractivity contribution in [1.29, 1.82) is 0 Å². The number of nitrogens with zero attached hydrogens (tertiary/aromatic N) is 1. The predicted molar refractivity (Wildman–Crippen MR) is 70.7 cm³/mol. The molecule has 0 aliphatic carbocycles. The minimum absolute atomic E-state index is 0.152. The van der Waals surface area contributed by atoms with Crippen LogP contribution in [0.25, 0.3) is 0 Å². The summed E-state index contributed by atoms with van der Waals surface area (Å²) in [5.74, 6) is -0.152. The standard InChI is InChI=1S/C13H14N2OS/c1-8-4-9(2)12(10(3)5-8)15-13(16)11-6-17-7-14-11/h4-7H,1-3H3,(H,15,16). The molecule has 2 aromatic rings. The Balaban J connectivity index is 2.28. The molecular weight excluding hydrogens is 232 g/mol. The zero-order chi connectivity index (χ0) is 12.4. The molecule has 0 fully saturated rings. The van der Waals surface area contributed by atoms with E-state index in [9.17, 15) is 4.79 Å². The van der Waals surface area contributed by atoms with Crippen LogP contribution in [0.15, 0.2) is 23.0 Å². The van der Waals surface area contributed by atoms with Crippen LogP contribution in [-0.2, 0) is 0 Å². The number of benzene rings is 1. The number of hydrogen-bond donors (Lipinski definition) is 1. The molecular formula is C13H14N2OS. The van der Waals surface area contributed by atoms with Crippen LogP contribution < -0.4 is 5.32 Å². The number of aromatic nitrogens is 1. The van der Waals surface area contributed by atoms with Gasteiger partial charge in [0.1, 0.15) is 5.69 Å². The maximum absolute atomic E-state index is 11.9. The Morgan fingerprint density at radius 1 is 1.24 bits per heavy atom. The van der Waals surface area contributed by atoms with E-state index in [-0.39, 0.29) is 5.91 Å². The minimum atomic E-state index is -0.152. The summed E-state index contributed by atoms with van der Waals surface area (Å²) in [6.45, 7) is 6.04. The number of thiazole rings is 1. The van der Waals surface area contributed by atoms with Gasteiger partial charge in [-0.2, -0.15) is 0 Å². The van der Waals surface area contributed by atoms with Crippen LogP contribution >= 0.6 is 11.3 Å². The van der Waals surface area contributed by atoms with E-state index in [4.69, 9.17) is 0 Å². The summed E-state index contributed by atoms with van der Waals surface area (Å²) >= 11 is 1.42. The first-order valence-electron chi connectivity index (χ1n) is 5.35. The monoisotopic (exact) mass is 246 g/mol. The first kappa shape index (κ1) is 11.8. The number of aryl methyl sites for hydroxylation is 3. The third-order valence-corrected chi connectivity index (χ3v) is 3.17. The highest BCUT2D eigenvalue weighted by atomic mass is 32.1. The molecule has 17 heavy (non-hydrogen) atoms.